The van der Waals surface area contributed by atoms with Gasteiger partial charge in [0.2, 0.25) is 0 Å². The highest BCUT2D eigenvalue weighted by atomic mass is 16.6. The minimum absolute atomic E-state index is 0.0267. The highest BCUT2D eigenvalue weighted by molar-refractivity contribution is 5.81. The van der Waals surface area contributed by atoms with Crippen LogP contribution in [-0.2, 0) is 19.1 Å². The average Bonchev–Trinajstić information content (AvgIpc) is 2.55. The van der Waals surface area contributed by atoms with Crippen molar-refractivity contribution in [3.8, 4) is 0 Å². The topological polar surface area (TPSA) is 93.1 Å². The Morgan fingerprint density at radius 3 is 2.64 bits per heavy atom. The number of carbonyl (C=O) groups is 2. The summed E-state index contributed by atoms with van der Waals surface area (Å²) in [4.78, 5) is 24.1. The van der Waals surface area contributed by atoms with Gasteiger partial charge in [0.15, 0.2) is 6.10 Å². The molecular formula is C19H28O6. The number of ether oxygens (including phenoxy) is 2. The van der Waals surface area contributed by atoms with Gasteiger partial charge in [-0.1, -0.05) is 19.9 Å². The summed E-state index contributed by atoms with van der Waals surface area (Å²) in [7, 11) is 0. The lowest BCUT2D eigenvalue weighted by atomic mass is 9.42. The molecule has 5 atom stereocenters. The molecular weight excluding hydrogens is 324 g/mol. The van der Waals surface area contributed by atoms with Crippen molar-refractivity contribution in [1.82, 2.24) is 0 Å². The molecule has 0 amide bonds. The summed E-state index contributed by atoms with van der Waals surface area (Å²) in [5.41, 5.74) is -1.38. The van der Waals surface area contributed by atoms with E-state index in [1.807, 2.05) is 0 Å². The van der Waals surface area contributed by atoms with Gasteiger partial charge in [0.1, 0.15) is 6.61 Å². The first-order chi connectivity index (χ1) is 11.8. The molecule has 0 spiro atoms. The Morgan fingerprint density at radius 2 is 2.04 bits per heavy atom. The third-order valence-electron chi connectivity index (χ3n) is 6.39. The molecule has 6 heteroatoms. The van der Waals surface area contributed by atoms with Crippen molar-refractivity contribution in [2.45, 2.75) is 63.6 Å². The fourth-order valence-corrected chi connectivity index (χ4v) is 5.87. The van der Waals surface area contributed by atoms with Crippen molar-refractivity contribution in [2.24, 2.45) is 16.7 Å². The summed E-state index contributed by atoms with van der Waals surface area (Å²) in [5, 5.41) is 20.3. The molecule has 140 valence electrons. The predicted octanol–water partition coefficient (Wildman–Crippen LogP) is 1.73. The van der Waals surface area contributed by atoms with E-state index >= 15 is 0 Å². The highest BCUT2D eigenvalue weighted by Gasteiger charge is 2.65. The average molecular weight is 352 g/mol. The molecule has 4 rings (SSSR count). The Labute approximate surface area is 148 Å². The Bertz CT molecular complexity index is 574. The SMILES string of the molecule is C=CC(=O)OC(CO)COC(=O)C12CC3CC(O)(CC(CC)(C3)C1)C2. The van der Waals surface area contributed by atoms with Crippen LogP contribution in [0.15, 0.2) is 12.7 Å². The van der Waals surface area contributed by atoms with Crippen LogP contribution in [0.3, 0.4) is 0 Å². The van der Waals surface area contributed by atoms with Gasteiger partial charge in [0, 0.05) is 6.08 Å². The smallest absolute Gasteiger partial charge is 0.330 e. The lowest BCUT2D eigenvalue weighted by Crippen LogP contribution is -2.62. The van der Waals surface area contributed by atoms with Crippen LogP contribution < -0.4 is 0 Å². The van der Waals surface area contributed by atoms with Crippen molar-refractivity contribution >= 4 is 11.9 Å². The van der Waals surface area contributed by atoms with Gasteiger partial charge in [-0.3, -0.25) is 4.79 Å². The fraction of sp³-hybridized carbons (Fsp3) is 0.789. The van der Waals surface area contributed by atoms with Gasteiger partial charge in [0.25, 0.3) is 0 Å². The molecule has 6 nitrogen and oxygen atoms in total. The molecule has 4 saturated carbocycles. The van der Waals surface area contributed by atoms with Crippen LogP contribution in [0, 0.1) is 16.7 Å². The third-order valence-corrected chi connectivity index (χ3v) is 6.39. The first kappa shape index (κ1) is 18.4. The second kappa shape index (κ2) is 6.40. The van der Waals surface area contributed by atoms with Gasteiger partial charge >= 0.3 is 11.9 Å². The van der Waals surface area contributed by atoms with E-state index in [-0.39, 0.29) is 18.0 Å². The molecule has 0 aromatic rings. The van der Waals surface area contributed by atoms with E-state index in [0.29, 0.717) is 12.3 Å². The van der Waals surface area contributed by atoms with Gasteiger partial charge in [-0.2, -0.15) is 0 Å². The first-order valence-electron chi connectivity index (χ1n) is 9.11. The maximum absolute atomic E-state index is 12.9. The predicted molar refractivity (Wildman–Crippen MR) is 89.4 cm³/mol. The van der Waals surface area contributed by atoms with Crippen LogP contribution in [0.25, 0.3) is 0 Å². The molecule has 4 bridgehead atoms. The van der Waals surface area contributed by atoms with Gasteiger partial charge in [-0.15, -0.1) is 0 Å². The molecule has 4 aliphatic rings. The lowest BCUT2D eigenvalue weighted by molar-refractivity contribution is -0.219. The molecule has 0 radical (unpaired) electrons. The van der Waals surface area contributed by atoms with Crippen LogP contribution in [0.1, 0.15) is 51.9 Å². The van der Waals surface area contributed by atoms with Gasteiger partial charge in [0.05, 0.1) is 17.6 Å². The molecule has 0 aromatic heterocycles. The van der Waals surface area contributed by atoms with Crippen LogP contribution in [0.5, 0.6) is 0 Å². The molecule has 0 heterocycles. The second-order valence-electron chi connectivity index (χ2n) is 8.41. The van der Waals surface area contributed by atoms with Crippen molar-refractivity contribution in [1.29, 1.82) is 0 Å². The van der Waals surface area contributed by atoms with E-state index in [0.717, 1.165) is 44.6 Å². The molecule has 0 aromatic carbocycles. The summed E-state index contributed by atoms with van der Waals surface area (Å²) in [6, 6.07) is 0. The number of carbonyl (C=O) groups excluding carboxylic acids is 2. The van der Waals surface area contributed by atoms with Gasteiger partial charge in [-0.25, -0.2) is 4.79 Å². The third kappa shape index (κ3) is 3.34. The summed E-state index contributed by atoms with van der Waals surface area (Å²) in [6.07, 6.45) is 5.66. The van der Waals surface area contributed by atoms with Crippen molar-refractivity contribution in [2.75, 3.05) is 13.2 Å². The van der Waals surface area contributed by atoms with Crippen LogP contribution in [0.4, 0.5) is 0 Å². The zero-order chi connectivity index (χ0) is 18.3. The number of aliphatic hydroxyl groups is 2. The van der Waals surface area contributed by atoms with Crippen molar-refractivity contribution in [3.63, 3.8) is 0 Å². The van der Waals surface area contributed by atoms with Crippen molar-refractivity contribution < 1.29 is 29.3 Å². The zero-order valence-electron chi connectivity index (χ0n) is 14.8. The molecule has 2 N–H and O–H groups in total. The number of hydrogen-bond acceptors (Lipinski definition) is 6. The lowest BCUT2D eigenvalue weighted by Gasteiger charge is -2.63. The zero-order valence-corrected chi connectivity index (χ0v) is 14.8. The Hall–Kier alpha value is -1.40. The van der Waals surface area contributed by atoms with Crippen LogP contribution >= 0.6 is 0 Å². The highest BCUT2D eigenvalue weighted by Crippen LogP contribution is 2.67. The maximum Gasteiger partial charge on any atom is 0.330 e. The van der Waals surface area contributed by atoms with E-state index in [9.17, 15) is 19.8 Å². The van der Waals surface area contributed by atoms with Gasteiger partial charge in [-0.05, 0) is 49.9 Å². The maximum atomic E-state index is 12.9. The number of aliphatic hydroxyl groups excluding tert-OH is 1. The molecule has 5 unspecified atom stereocenters. The van der Waals surface area contributed by atoms with Crippen LogP contribution in [-0.4, -0.2) is 47.1 Å². The Kier molecular flexibility index (Phi) is 4.71. The van der Waals surface area contributed by atoms with E-state index in [1.54, 1.807) is 0 Å². The van der Waals surface area contributed by atoms with E-state index in [4.69, 9.17) is 9.47 Å². The number of rotatable bonds is 7. The van der Waals surface area contributed by atoms with Gasteiger partial charge < -0.3 is 19.7 Å². The largest absolute Gasteiger partial charge is 0.461 e. The first-order valence-corrected chi connectivity index (χ1v) is 9.11. The number of esters is 2. The van der Waals surface area contributed by atoms with Crippen molar-refractivity contribution in [3.05, 3.63) is 12.7 Å². The van der Waals surface area contributed by atoms with Crippen LogP contribution in [0.2, 0.25) is 0 Å². The molecule has 0 aliphatic heterocycles. The molecule has 25 heavy (non-hydrogen) atoms. The van der Waals surface area contributed by atoms with E-state index < -0.39 is 29.7 Å². The minimum atomic E-state index is -0.897. The standard InChI is InChI=1S/C19H28O6/c1-3-15(21)25-14(8-20)9-24-16(22)18-6-13-5-17(4-2,10-18)11-19(23,7-13)12-18/h3,13-14,20,23H,1,4-12H2,2H3. The summed E-state index contributed by atoms with van der Waals surface area (Å²) in [5.74, 6) is -0.633. The minimum Gasteiger partial charge on any atom is -0.461 e. The Morgan fingerprint density at radius 1 is 1.28 bits per heavy atom. The molecule has 0 saturated heterocycles. The summed E-state index contributed by atoms with van der Waals surface area (Å²) in [6.45, 7) is 4.83. The normalized spacial score (nSPS) is 39.7. The second-order valence-corrected chi connectivity index (χ2v) is 8.41. The molecule has 4 aliphatic carbocycles. The quantitative estimate of drug-likeness (QED) is 0.535. The van der Waals surface area contributed by atoms with E-state index in [2.05, 4.69) is 13.5 Å². The summed E-state index contributed by atoms with van der Waals surface area (Å²) >= 11 is 0. The fourth-order valence-electron chi connectivity index (χ4n) is 5.87. The summed E-state index contributed by atoms with van der Waals surface area (Å²) < 4.78 is 10.4. The molecule has 4 fully saturated rings. The Balaban J connectivity index is 1.69. The monoisotopic (exact) mass is 352 g/mol. The number of hydrogen-bond donors (Lipinski definition) is 2. The van der Waals surface area contributed by atoms with E-state index in [1.165, 1.54) is 0 Å².